The average molecular weight is 399 g/mol. The SMILES string of the molecule is COc1cc(O)cc(OC)c1CN1CCc2c(nc(-c3cccs3)[nH]c2=O)C1. The maximum Gasteiger partial charge on any atom is 0.254 e. The number of ether oxygens (including phenoxy) is 2. The number of hydrogen-bond donors (Lipinski definition) is 2. The van der Waals surface area contributed by atoms with Gasteiger partial charge in [-0.3, -0.25) is 9.69 Å². The summed E-state index contributed by atoms with van der Waals surface area (Å²) in [5.41, 5.74) is 2.35. The second-order valence-electron chi connectivity index (χ2n) is 6.61. The van der Waals surface area contributed by atoms with Gasteiger partial charge in [0.05, 0.1) is 30.4 Å². The molecular weight excluding hydrogens is 378 g/mol. The van der Waals surface area contributed by atoms with Crippen molar-refractivity contribution in [1.82, 2.24) is 14.9 Å². The summed E-state index contributed by atoms with van der Waals surface area (Å²) in [4.78, 5) is 23.3. The monoisotopic (exact) mass is 399 g/mol. The highest BCUT2D eigenvalue weighted by atomic mass is 32.1. The number of phenols is 1. The summed E-state index contributed by atoms with van der Waals surface area (Å²) in [6.45, 7) is 1.85. The zero-order valence-corrected chi connectivity index (χ0v) is 16.5. The molecule has 7 nitrogen and oxygen atoms in total. The highest BCUT2D eigenvalue weighted by Gasteiger charge is 2.24. The molecule has 0 saturated heterocycles. The molecule has 2 N–H and O–H groups in total. The van der Waals surface area contributed by atoms with Gasteiger partial charge >= 0.3 is 0 Å². The third-order valence-corrected chi connectivity index (χ3v) is 5.76. The number of methoxy groups -OCH3 is 2. The summed E-state index contributed by atoms with van der Waals surface area (Å²) in [6.07, 6.45) is 0.630. The molecule has 0 aliphatic carbocycles. The number of aromatic amines is 1. The van der Waals surface area contributed by atoms with Crippen molar-refractivity contribution in [3.63, 3.8) is 0 Å². The fourth-order valence-electron chi connectivity index (χ4n) is 3.51. The Bertz CT molecular complexity index is 1020. The van der Waals surface area contributed by atoms with Crippen molar-refractivity contribution in [3.8, 4) is 28.0 Å². The number of hydrogen-bond acceptors (Lipinski definition) is 7. The van der Waals surface area contributed by atoms with Crippen LogP contribution in [0.1, 0.15) is 16.8 Å². The van der Waals surface area contributed by atoms with E-state index >= 15 is 0 Å². The lowest BCUT2D eigenvalue weighted by Crippen LogP contribution is -2.35. The first-order valence-corrected chi connectivity index (χ1v) is 9.79. The lowest BCUT2D eigenvalue weighted by molar-refractivity contribution is 0.232. The number of rotatable bonds is 5. The maximum absolute atomic E-state index is 12.5. The first-order chi connectivity index (χ1) is 13.6. The molecule has 0 amide bonds. The second kappa shape index (κ2) is 7.65. The van der Waals surface area contributed by atoms with Gasteiger partial charge in [0.2, 0.25) is 0 Å². The molecule has 8 heteroatoms. The number of H-pyrrole nitrogens is 1. The van der Waals surface area contributed by atoms with E-state index in [0.29, 0.717) is 36.8 Å². The molecule has 4 rings (SSSR count). The van der Waals surface area contributed by atoms with E-state index in [1.165, 1.54) is 0 Å². The molecule has 0 radical (unpaired) electrons. The van der Waals surface area contributed by atoms with Gasteiger partial charge < -0.3 is 19.6 Å². The van der Waals surface area contributed by atoms with Crippen LogP contribution in [0.5, 0.6) is 17.2 Å². The van der Waals surface area contributed by atoms with Gasteiger partial charge in [-0.1, -0.05) is 6.07 Å². The molecule has 28 heavy (non-hydrogen) atoms. The predicted octanol–water partition coefficient (Wildman–Crippen LogP) is 2.78. The van der Waals surface area contributed by atoms with Crippen molar-refractivity contribution in [3.05, 3.63) is 56.8 Å². The number of aromatic nitrogens is 2. The number of benzene rings is 1. The summed E-state index contributed by atoms with van der Waals surface area (Å²) in [5.74, 6) is 1.84. The van der Waals surface area contributed by atoms with Crippen molar-refractivity contribution < 1.29 is 14.6 Å². The van der Waals surface area contributed by atoms with Crippen LogP contribution in [-0.2, 0) is 19.5 Å². The fraction of sp³-hybridized carbons (Fsp3) is 0.300. The first-order valence-electron chi connectivity index (χ1n) is 8.91. The van der Waals surface area contributed by atoms with E-state index in [4.69, 9.17) is 14.5 Å². The van der Waals surface area contributed by atoms with Crippen LogP contribution in [0.2, 0.25) is 0 Å². The smallest absolute Gasteiger partial charge is 0.254 e. The fourth-order valence-corrected chi connectivity index (χ4v) is 4.18. The average Bonchev–Trinajstić information content (AvgIpc) is 3.23. The Morgan fingerprint density at radius 2 is 2.04 bits per heavy atom. The zero-order valence-electron chi connectivity index (χ0n) is 15.7. The molecular formula is C20H21N3O4S. The van der Waals surface area contributed by atoms with E-state index in [9.17, 15) is 9.90 Å². The van der Waals surface area contributed by atoms with Crippen molar-refractivity contribution in [1.29, 1.82) is 0 Å². The lowest BCUT2D eigenvalue weighted by Gasteiger charge is -2.28. The van der Waals surface area contributed by atoms with Gasteiger partial charge in [-0.2, -0.15) is 0 Å². The maximum atomic E-state index is 12.5. The third-order valence-electron chi connectivity index (χ3n) is 4.88. The number of nitrogens with zero attached hydrogens (tertiary/aromatic N) is 2. The van der Waals surface area contributed by atoms with Crippen LogP contribution in [0.15, 0.2) is 34.4 Å². The van der Waals surface area contributed by atoms with E-state index in [1.54, 1.807) is 37.7 Å². The van der Waals surface area contributed by atoms with E-state index in [-0.39, 0.29) is 11.3 Å². The molecule has 0 atom stereocenters. The van der Waals surface area contributed by atoms with Gasteiger partial charge in [-0.05, 0) is 17.9 Å². The highest BCUT2D eigenvalue weighted by molar-refractivity contribution is 7.13. The topological polar surface area (TPSA) is 87.7 Å². The van der Waals surface area contributed by atoms with Gasteiger partial charge in [0.25, 0.3) is 5.56 Å². The van der Waals surface area contributed by atoms with Gasteiger partial charge in [0.1, 0.15) is 17.2 Å². The van der Waals surface area contributed by atoms with Crippen LogP contribution >= 0.6 is 11.3 Å². The Morgan fingerprint density at radius 1 is 1.29 bits per heavy atom. The minimum atomic E-state index is -0.0622. The van der Waals surface area contributed by atoms with Gasteiger partial charge in [0, 0.05) is 37.3 Å². The molecule has 0 saturated carbocycles. The summed E-state index contributed by atoms with van der Waals surface area (Å²) in [7, 11) is 3.13. The lowest BCUT2D eigenvalue weighted by atomic mass is 10.0. The Kier molecular flexibility index (Phi) is 5.06. The molecule has 146 valence electrons. The minimum absolute atomic E-state index is 0.0622. The molecule has 0 spiro atoms. The van der Waals surface area contributed by atoms with Crippen molar-refractivity contribution in [2.24, 2.45) is 0 Å². The van der Waals surface area contributed by atoms with Gasteiger partial charge in [0.15, 0.2) is 5.82 Å². The number of thiophene rings is 1. The predicted molar refractivity (Wildman–Crippen MR) is 107 cm³/mol. The van der Waals surface area contributed by atoms with Crippen molar-refractivity contribution in [2.75, 3.05) is 20.8 Å². The van der Waals surface area contributed by atoms with E-state index in [1.807, 2.05) is 17.5 Å². The van der Waals surface area contributed by atoms with Crippen molar-refractivity contribution >= 4 is 11.3 Å². The van der Waals surface area contributed by atoms with Crippen LogP contribution in [0.3, 0.4) is 0 Å². The zero-order chi connectivity index (χ0) is 19.7. The van der Waals surface area contributed by atoms with Gasteiger partial charge in [-0.15, -0.1) is 11.3 Å². The molecule has 1 aliphatic heterocycles. The van der Waals surface area contributed by atoms with Crippen LogP contribution in [0.4, 0.5) is 0 Å². The first kappa shape index (κ1) is 18.5. The number of fused-ring (bicyclic) bond motifs is 1. The molecule has 2 aromatic heterocycles. The molecule has 1 aromatic carbocycles. The quantitative estimate of drug-likeness (QED) is 0.686. The van der Waals surface area contributed by atoms with Crippen LogP contribution in [0.25, 0.3) is 10.7 Å². The largest absolute Gasteiger partial charge is 0.508 e. The Hall–Kier alpha value is -2.84. The van der Waals surface area contributed by atoms with E-state index in [2.05, 4.69) is 9.88 Å². The van der Waals surface area contributed by atoms with E-state index < -0.39 is 0 Å². The Balaban J connectivity index is 1.64. The Morgan fingerprint density at radius 3 is 2.68 bits per heavy atom. The standard InChI is InChI=1S/C20H21N3O4S/c1-26-16-8-12(24)9-17(27-2)14(16)10-23-6-5-13-15(11-23)21-19(22-20(13)25)18-4-3-7-28-18/h3-4,7-9,24H,5-6,10-11H2,1-2H3,(H,21,22,25). The van der Waals surface area contributed by atoms with Crippen LogP contribution in [0, 0.1) is 0 Å². The molecule has 3 heterocycles. The molecule has 0 unspecified atom stereocenters. The van der Waals surface area contributed by atoms with Crippen molar-refractivity contribution in [2.45, 2.75) is 19.5 Å². The summed E-state index contributed by atoms with van der Waals surface area (Å²) < 4.78 is 10.9. The van der Waals surface area contributed by atoms with Crippen LogP contribution < -0.4 is 15.0 Å². The summed E-state index contributed by atoms with van der Waals surface area (Å²) in [5, 5.41) is 11.8. The number of phenolic OH excluding ortho intramolecular Hbond substituents is 1. The molecule has 3 aromatic rings. The third kappa shape index (κ3) is 3.48. The molecule has 0 bridgehead atoms. The van der Waals surface area contributed by atoms with Gasteiger partial charge in [-0.25, -0.2) is 4.98 Å². The van der Waals surface area contributed by atoms with Crippen LogP contribution in [-0.4, -0.2) is 40.7 Å². The molecule has 0 fully saturated rings. The summed E-state index contributed by atoms with van der Waals surface area (Å²) >= 11 is 1.55. The highest BCUT2D eigenvalue weighted by Crippen LogP contribution is 2.35. The number of aromatic hydroxyl groups is 1. The normalized spacial score (nSPS) is 13.9. The molecule has 1 aliphatic rings. The second-order valence-corrected chi connectivity index (χ2v) is 7.55. The minimum Gasteiger partial charge on any atom is -0.508 e. The summed E-state index contributed by atoms with van der Waals surface area (Å²) in [6, 6.07) is 7.04. The van der Waals surface area contributed by atoms with E-state index in [0.717, 1.165) is 28.2 Å². The Labute approximate surface area is 166 Å². The number of nitrogens with one attached hydrogen (secondary N) is 1.